The molecule has 3 aromatic heterocycles. The molecule has 0 fully saturated rings. The molecule has 1 unspecified atom stereocenters. The van der Waals surface area contributed by atoms with Crippen molar-refractivity contribution in [1.82, 2.24) is 29.0 Å². The van der Waals surface area contributed by atoms with Crippen molar-refractivity contribution in [2.45, 2.75) is 24.3 Å². The molecule has 11 heteroatoms. The highest BCUT2D eigenvalue weighted by molar-refractivity contribution is 7.89. The molecule has 0 aliphatic rings. The van der Waals surface area contributed by atoms with E-state index in [1.807, 2.05) is 19.2 Å². The minimum Gasteiger partial charge on any atom is -0.380 e. The summed E-state index contributed by atoms with van der Waals surface area (Å²) in [7, 11) is -2.18. The van der Waals surface area contributed by atoms with Crippen molar-refractivity contribution in [3.63, 3.8) is 0 Å². The third-order valence-electron chi connectivity index (χ3n) is 5.54. The largest absolute Gasteiger partial charge is 0.380 e. The standard InChI is InChI=1S/C23H25N7O3S/c1-3-33-12-11-29(2)34(31,32)19-6-4-5-17(13-19)21(7-9-24)30-15-18(14-28-30)22-20-8-10-25-23(20)27-16-26-22/h4-6,8,10,13-16,21H,3,7,11-12H2,1-2H3,(H,25,26,27). The molecule has 1 aromatic carbocycles. The Balaban J connectivity index is 1.65. The highest BCUT2D eigenvalue weighted by Crippen LogP contribution is 2.29. The van der Waals surface area contributed by atoms with Gasteiger partial charge in [0.1, 0.15) is 12.0 Å². The number of benzene rings is 1. The quantitative estimate of drug-likeness (QED) is 0.346. The molecule has 0 aliphatic carbocycles. The molecule has 0 saturated heterocycles. The van der Waals surface area contributed by atoms with Crippen LogP contribution in [0.4, 0.5) is 0 Å². The van der Waals surface area contributed by atoms with E-state index in [0.717, 1.165) is 22.3 Å². The second kappa shape index (κ2) is 10.1. The summed E-state index contributed by atoms with van der Waals surface area (Å²) in [5, 5.41) is 14.8. The Hall–Kier alpha value is -3.59. The van der Waals surface area contributed by atoms with E-state index in [-0.39, 0.29) is 17.9 Å². The zero-order valence-corrected chi connectivity index (χ0v) is 19.7. The lowest BCUT2D eigenvalue weighted by Crippen LogP contribution is -2.30. The van der Waals surface area contributed by atoms with Gasteiger partial charge in [0.25, 0.3) is 0 Å². The maximum atomic E-state index is 13.0. The zero-order chi connectivity index (χ0) is 24.1. The third kappa shape index (κ3) is 4.70. The fourth-order valence-corrected chi connectivity index (χ4v) is 4.91. The number of aromatic nitrogens is 5. The van der Waals surface area contributed by atoms with E-state index in [4.69, 9.17) is 4.74 Å². The number of nitrogens with zero attached hydrogens (tertiary/aromatic N) is 6. The summed E-state index contributed by atoms with van der Waals surface area (Å²) in [5.41, 5.74) is 2.89. The van der Waals surface area contributed by atoms with Gasteiger partial charge >= 0.3 is 0 Å². The second-order valence-corrected chi connectivity index (χ2v) is 9.69. The van der Waals surface area contributed by atoms with E-state index in [1.165, 1.54) is 17.7 Å². The number of aromatic amines is 1. The van der Waals surface area contributed by atoms with Gasteiger partial charge in [0.05, 0.1) is 41.9 Å². The van der Waals surface area contributed by atoms with Crippen molar-refractivity contribution in [3.8, 4) is 17.3 Å². The van der Waals surface area contributed by atoms with Crippen LogP contribution in [-0.2, 0) is 14.8 Å². The van der Waals surface area contributed by atoms with Gasteiger partial charge in [-0.3, -0.25) is 4.68 Å². The van der Waals surface area contributed by atoms with Crippen LogP contribution in [-0.4, -0.2) is 64.3 Å². The normalized spacial score (nSPS) is 12.8. The topological polar surface area (TPSA) is 130 Å². The van der Waals surface area contributed by atoms with Crippen LogP contribution < -0.4 is 0 Å². The van der Waals surface area contributed by atoms with Crippen LogP contribution in [0.2, 0.25) is 0 Å². The lowest BCUT2D eigenvalue weighted by atomic mass is 10.0. The van der Waals surface area contributed by atoms with Gasteiger partial charge in [-0.15, -0.1) is 0 Å². The van der Waals surface area contributed by atoms with E-state index in [1.54, 1.807) is 41.3 Å². The maximum Gasteiger partial charge on any atom is 0.242 e. The van der Waals surface area contributed by atoms with E-state index in [9.17, 15) is 13.7 Å². The van der Waals surface area contributed by atoms with Gasteiger partial charge in [-0.1, -0.05) is 12.1 Å². The number of likely N-dealkylation sites (N-methyl/N-ethyl adjacent to an activating group) is 1. The molecule has 0 radical (unpaired) electrons. The molecule has 4 rings (SSSR count). The molecule has 0 saturated carbocycles. The van der Waals surface area contributed by atoms with E-state index >= 15 is 0 Å². The van der Waals surface area contributed by atoms with Gasteiger partial charge < -0.3 is 9.72 Å². The first-order valence-electron chi connectivity index (χ1n) is 10.8. The van der Waals surface area contributed by atoms with Gasteiger partial charge in [0, 0.05) is 43.5 Å². The van der Waals surface area contributed by atoms with Crippen LogP contribution in [0.15, 0.2) is 60.1 Å². The average Bonchev–Trinajstić information content (AvgIpc) is 3.52. The number of H-pyrrole nitrogens is 1. The van der Waals surface area contributed by atoms with Crippen LogP contribution in [0.5, 0.6) is 0 Å². The van der Waals surface area contributed by atoms with Crippen molar-refractivity contribution in [2.75, 3.05) is 26.8 Å². The number of hydrogen-bond donors (Lipinski definition) is 1. The molecule has 1 atom stereocenters. The SMILES string of the molecule is CCOCCN(C)S(=O)(=O)c1cccc(C(CC#N)n2cc(-c3ncnc4[nH]ccc34)cn2)c1. The predicted molar refractivity (Wildman–Crippen MR) is 126 cm³/mol. The van der Waals surface area contributed by atoms with Crippen LogP contribution in [0, 0.1) is 11.3 Å². The van der Waals surface area contributed by atoms with Crippen molar-refractivity contribution in [3.05, 3.63) is 60.8 Å². The summed E-state index contributed by atoms with van der Waals surface area (Å²) in [6, 6.07) is 10.3. The number of nitrogens with one attached hydrogen (secondary N) is 1. The van der Waals surface area contributed by atoms with Gasteiger partial charge in [-0.05, 0) is 30.7 Å². The molecule has 10 nitrogen and oxygen atoms in total. The smallest absolute Gasteiger partial charge is 0.242 e. The first-order valence-corrected chi connectivity index (χ1v) is 12.2. The molecule has 4 aromatic rings. The Bertz CT molecular complexity index is 1420. The second-order valence-electron chi connectivity index (χ2n) is 7.65. The van der Waals surface area contributed by atoms with Crippen molar-refractivity contribution < 1.29 is 13.2 Å². The number of ether oxygens (including phenoxy) is 1. The summed E-state index contributed by atoms with van der Waals surface area (Å²) in [5.74, 6) is 0. The minimum absolute atomic E-state index is 0.119. The molecular formula is C23H25N7O3S. The van der Waals surface area contributed by atoms with E-state index in [0.29, 0.717) is 18.8 Å². The van der Waals surface area contributed by atoms with Crippen LogP contribution in [0.1, 0.15) is 24.9 Å². The predicted octanol–water partition coefficient (Wildman–Crippen LogP) is 2.98. The molecule has 176 valence electrons. The maximum absolute atomic E-state index is 13.0. The molecule has 0 aliphatic heterocycles. The molecular weight excluding hydrogens is 454 g/mol. The summed E-state index contributed by atoms with van der Waals surface area (Å²) in [6.07, 6.45) is 6.89. The van der Waals surface area contributed by atoms with Gasteiger partial charge in [0.2, 0.25) is 10.0 Å². The minimum atomic E-state index is -3.71. The summed E-state index contributed by atoms with van der Waals surface area (Å²) < 4.78 is 34.3. The Morgan fingerprint density at radius 2 is 2.15 bits per heavy atom. The van der Waals surface area contributed by atoms with Crippen molar-refractivity contribution in [2.24, 2.45) is 0 Å². The zero-order valence-electron chi connectivity index (χ0n) is 18.9. The highest BCUT2D eigenvalue weighted by atomic mass is 32.2. The van der Waals surface area contributed by atoms with Gasteiger partial charge in [-0.2, -0.15) is 14.7 Å². The Kier molecular flexibility index (Phi) is 7.02. The third-order valence-corrected chi connectivity index (χ3v) is 7.39. The van der Waals surface area contributed by atoms with Crippen LogP contribution in [0.25, 0.3) is 22.3 Å². The fraction of sp³-hybridized carbons (Fsp3) is 0.304. The summed E-state index contributed by atoms with van der Waals surface area (Å²) >= 11 is 0. The number of sulfonamides is 1. The van der Waals surface area contributed by atoms with E-state index in [2.05, 4.69) is 26.1 Å². The number of nitriles is 1. The fourth-order valence-electron chi connectivity index (χ4n) is 3.70. The number of fused-ring (bicyclic) bond motifs is 1. The molecule has 3 heterocycles. The van der Waals surface area contributed by atoms with E-state index < -0.39 is 16.1 Å². The lowest BCUT2D eigenvalue weighted by molar-refractivity contribution is 0.138. The highest BCUT2D eigenvalue weighted by Gasteiger charge is 2.23. The van der Waals surface area contributed by atoms with Crippen molar-refractivity contribution in [1.29, 1.82) is 5.26 Å². The van der Waals surface area contributed by atoms with Crippen molar-refractivity contribution >= 4 is 21.1 Å². The first kappa shape index (κ1) is 23.6. The lowest BCUT2D eigenvalue weighted by Gasteiger charge is -2.19. The molecule has 34 heavy (non-hydrogen) atoms. The molecule has 0 bridgehead atoms. The molecule has 0 amide bonds. The Morgan fingerprint density at radius 3 is 2.94 bits per heavy atom. The molecule has 0 spiro atoms. The van der Waals surface area contributed by atoms with Gasteiger partial charge in [-0.25, -0.2) is 18.4 Å². The van der Waals surface area contributed by atoms with Crippen LogP contribution >= 0.6 is 0 Å². The first-order chi connectivity index (χ1) is 16.5. The number of hydrogen-bond acceptors (Lipinski definition) is 7. The Labute approximate surface area is 197 Å². The monoisotopic (exact) mass is 479 g/mol. The Morgan fingerprint density at radius 1 is 1.29 bits per heavy atom. The number of rotatable bonds is 10. The average molecular weight is 480 g/mol. The summed E-state index contributed by atoms with van der Waals surface area (Å²) in [6.45, 7) is 2.95. The van der Waals surface area contributed by atoms with Gasteiger partial charge in [0.15, 0.2) is 0 Å². The molecule has 1 N–H and O–H groups in total. The van der Waals surface area contributed by atoms with Crippen LogP contribution in [0.3, 0.4) is 0 Å². The summed E-state index contributed by atoms with van der Waals surface area (Å²) in [4.78, 5) is 11.8.